The van der Waals surface area contributed by atoms with Crippen LogP contribution in [0.5, 0.6) is 17.2 Å². The van der Waals surface area contributed by atoms with Gasteiger partial charge in [-0.1, -0.05) is 35.0 Å². The smallest absolute Gasteiger partial charge is 0.203 e. The van der Waals surface area contributed by atoms with Crippen molar-refractivity contribution in [3.05, 3.63) is 59.6 Å². The first-order chi connectivity index (χ1) is 13.6. The summed E-state index contributed by atoms with van der Waals surface area (Å²) in [4.78, 5) is 0. The Morgan fingerprint density at radius 1 is 0.821 bits per heavy atom. The SMILES string of the molecule is COc1cc(-n2nnc3ccc(-c4cccc(Cl)c4)cc32)cc(OC)c1OC. The molecule has 0 saturated carbocycles. The zero-order valence-corrected chi connectivity index (χ0v) is 16.4. The molecule has 28 heavy (non-hydrogen) atoms. The number of aromatic nitrogens is 3. The van der Waals surface area contributed by atoms with Crippen molar-refractivity contribution in [2.24, 2.45) is 0 Å². The Morgan fingerprint density at radius 2 is 1.54 bits per heavy atom. The van der Waals surface area contributed by atoms with Crippen molar-refractivity contribution < 1.29 is 14.2 Å². The van der Waals surface area contributed by atoms with Crippen LogP contribution in [-0.4, -0.2) is 36.3 Å². The van der Waals surface area contributed by atoms with Gasteiger partial charge in [0.15, 0.2) is 11.5 Å². The lowest BCUT2D eigenvalue weighted by molar-refractivity contribution is 0.324. The fraction of sp³-hybridized carbons (Fsp3) is 0.143. The largest absolute Gasteiger partial charge is 0.493 e. The number of fused-ring (bicyclic) bond motifs is 1. The van der Waals surface area contributed by atoms with Crippen molar-refractivity contribution in [1.82, 2.24) is 15.0 Å². The average molecular weight is 396 g/mol. The van der Waals surface area contributed by atoms with Crippen LogP contribution in [-0.2, 0) is 0 Å². The molecular formula is C21H18ClN3O3. The van der Waals surface area contributed by atoms with Crippen molar-refractivity contribution >= 4 is 22.6 Å². The van der Waals surface area contributed by atoms with Crippen LogP contribution < -0.4 is 14.2 Å². The van der Waals surface area contributed by atoms with Gasteiger partial charge < -0.3 is 14.2 Å². The summed E-state index contributed by atoms with van der Waals surface area (Å²) in [7, 11) is 4.73. The molecule has 0 bridgehead atoms. The van der Waals surface area contributed by atoms with Gasteiger partial charge in [-0.05, 0) is 35.4 Å². The van der Waals surface area contributed by atoms with E-state index in [1.807, 2.05) is 54.6 Å². The van der Waals surface area contributed by atoms with Gasteiger partial charge in [-0.15, -0.1) is 5.10 Å². The van der Waals surface area contributed by atoms with Crippen LogP contribution in [0.15, 0.2) is 54.6 Å². The molecule has 0 aliphatic heterocycles. The van der Waals surface area contributed by atoms with E-state index in [1.165, 1.54) is 0 Å². The van der Waals surface area contributed by atoms with Gasteiger partial charge >= 0.3 is 0 Å². The molecule has 0 spiro atoms. The predicted molar refractivity (Wildman–Crippen MR) is 109 cm³/mol. The van der Waals surface area contributed by atoms with E-state index in [1.54, 1.807) is 26.0 Å². The summed E-state index contributed by atoms with van der Waals surface area (Å²) in [6.07, 6.45) is 0. The second kappa shape index (κ2) is 7.40. The third-order valence-corrected chi connectivity index (χ3v) is 4.73. The van der Waals surface area contributed by atoms with E-state index < -0.39 is 0 Å². The molecule has 6 nitrogen and oxygen atoms in total. The maximum Gasteiger partial charge on any atom is 0.203 e. The van der Waals surface area contributed by atoms with E-state index in [9.17, 15) is 0 Å². The van der Waals surface area contributed by atoms with Gasteiger partial charge in [0.05, 0.1) is 32.5 Å². The average Bonchev–Trinajstić information content (AvgIpc) is 3.15. The second-order valence-corrected chi connectivity index (χ2v) is 6.54. The van der Waals surface area contributed by atoms with Crippen LogP contribution >= 0.6 is 11.6 Å². The Balaban J connectivity index is 1.89. The zero-order valence-electron chi connectivity index (χ0n) is 15.6. The van der Waals surface area contributed by atoms with E-state index >= 15 is 0 Å². The highest BCUT2D eigenvalue weighted by atomic mass is 35.5. The van der Waals surface area contributed by atoms with E-state index in [4.69, 9.17) is 25.8 Å². The quantitative estimate of drug-likeness (QED) is 0.487. The minimum absolute atomic E-state index is 0.526. The monoisotopic (exact) mass is 395 g/mol. The van der Waals surface area contributed by atoms with Crippen molar-refractivity contribution in [3.63, 3.8) is 0 Å². The molecule has 0 amide bonds. The number of halogens is 1. The van der Waals surface area contributed by atoms with Gasteiger partial charge in [-0.25, -0.2) is 4.68 Å². The highest BCUT2D eigenvalue weighted by molar-refractivity contribution is 6.30. The lowest BCUT2D eigenvalue weighted by Crippen LogP contribution is -2.01. The van der Waals surface area contributed by atoms with Gasteiger partial charge in [-0.3, -0.25) is 0 Å². The van der Waals surface area contributed by atoms with Gasteiger partial charge in [0.25, 0.3) is 0 Å². The molecule has 142 valence electrons. The second-order valence-electron chi connectivity index (χ2n) is 6.10. The van der Waals surface area contributed by atoms with Crippen LogP contribution in [0.1, 0.15) is 0 Å². The normalized spacial score (nSPS) is 10.9. The van der Waals surface area contributed by atoms with Gasteiger partial charge in [-0.2, -0.15) is 0 Å². The number of nitrogens with zero attached hydrogens (tertiary/aromatic N) is 3. The van der Waals surface area contributed by atoms with E-state index in [2.05, 4.69) is 10.3 Å². The maximum absolute atomic E-state index is 6.14. The number of rotatable bonds is 5. The first-order valence-electron chi connectivity index (χ1n) is 8.56. The minimum Gasteiger partial charge on any atom is -0.493 e. The van der Waals surface area contributed by atoms with Gasteiger partial charge in [0, 0.05) is 17.2 Å². The highest BCUT2D eigenvalue weighted by Crippen LogP contribution is 2.39. The number of methoxy groups -OCH3 is 3. The molecule has 1 heterocycles. The molecule has 4 aromatic rings. The third kappa shape index (κ3) is 3.12. The molecule has 3 aromatic carbocycles. The first-order valence-corrected chi connectivity index (χ1v) is 8.94. The Bertz CT molecular complexity index is 1130. The van der Waals surface area contributed by atoms with Crippen molar-refractivity contribution in [2.75, 3.05) is 21.3 Å². The molecule has 1 aromatic heterocycles. The van der Waals surface area contributed by atoms with E-state index in [-0.39, 0.29) is 0 Å². The van der Waals surface area contributed by atoms with Crippen LogP contribution in [0.25, 0.3) is 27.8 Å². The van der Waals surface area contributed by atoms with Crippen LogP contribution in [0.3, 0.4) is 0 Å². The fourth-order valence-corrected chi connectivity index (χ4v) is 3.34. The van der Waals surface area contributed by atoms with E-state index in [0.29, 0.717) is 22.3 Å². The number of benzene rings is 3. The fourth-order valence-electron chi connectivity index (χ4n) is 3.15. The Kier molecular flexibility index (Phi) is 4.79. The molecular weight excluding hydrogens is 378 g/mol. The number of hydrogen-bond acceptors (Lipinski definition) is 5. The summed E-state index contributed by atoms with van der Waals surface area (Å²) >= 11 is 6.14. The molecule has 0 atom stereocenters. The zero-order chi connectivity index (χ0) is 19.7. The highest BCUT2D eigenvalue weighted by Gasteiger charge is 2.16. The van der Waals surface area contributed by atoms with Crippen molar-refractivity contribution in [1.29, 1.82) is 0 Å². The number of ether oxygens (including phenoxy) is 3. The van der Waals surface area contributed by atoms with Gasteiger partial charge in [0.2, 0.25) is 5.75 Å². The first kappa shape index (κ1) is 18.1. The summed E-state index contributed by atoms with van der Waals surface area (Å²) in [5.74, 6) is 1.62. The molecule has 0 radical (unpaired) electrons. The Labute approximate surface area is 167 Å². The summed E-state index contributed by atoms with van der Waals surface area (Å²) < 4.78 is 18.1. The molecule has 0 aliphatic carbocycles. The van der Waals surface area contributed by atoms with Crippen LogP contribution in [0, 0.1) is 0 Å². The maximum atomic E-state index is 6.14. The third-order valence-electron chi connectivity index (χ3n) is 4.50. The lowest BCUT2D eigenvalue weighted by atomic mass is 10.1. The molecule has 0 N–H and O–H groups in total. The molecule has 4 rings (SSSR count). The van der Waals surface area contributed by atoms with Crippen molar-refractivity contribution in [2.45, 2.75) is 0 Å². The molecule has 0 unspecified atom stereocenters. The Morgan fingerprint density at radius 3 is 2.18 bits per heavy atom. The lowest BCUT2D eigenvalue weighted by Gasteiger charge is -2.14. The molecule has 0 aliphatic rings. The molecule has 0 saturated heterocycles. The van der Waals surface area contributed by atoms with Crippen LogP contribution in [0.4, 0.5) is 0 Å². The Hall–Kier alpha value is -3.25. The topological polar surface area (TPSA) is 58.4 Å². The predicted octanol–water partition coefficient (Wildman–Crippen LogP) is 4.77. The molecule has 7 heteroatoms. The summed E-state index contributed by atoms with van der Waals surface area (Å²) in [5, 5.41) is 9.28. The number of hydrogen-bond donors (Lipinski definition) is 0. The minimum atomic E-state index is 0.526. The molecule has 0 fully saturated rings. The van der Waals surface area contributed by atoms with E-state index in [0.717, 1.165) is 27.8 Å². The van der Waals surface area contributed by atoms with Gasteiger partial charge in [0.1, 0.15) is 5.52 Å². The summed E-state index contributed by atoms with van der Waals surface area (Å²) in [6.45, 7) is 0. The summed E-state index contributed by atoms with van der Waals surface area (Å²) in [6, 6.07) is 17.4. The van der Waals surface area contributed by atoms with Crippen LogP contribution in [0.2, 0.25) is 5.02 Å². The standard InChI is InChI=1S/C21H18ClN3O3/c1-26-19-11-16(12-20(27-2)21(19)28-3)25-18-10-14(7-8-17(18)23-24-25)13-5-4-6-15(22)9-13/h4-12H,1-3H3. The van der Waals surface area contributed by atoms with Crippen molar-refractivity contribution in [3.8, 4) is 34.1 Å². The summed E-state index contributed by atoms with van der Waals surface area (Å²) in [5.41, 5.74) is 4.42.